The van der Waals surface area contributed by atoms with Crippen molar-refractivity contribution in [3.63, 3.8) is 0 Å². The first kappa shape index (κ1) is 19.3. The number of likely N-dealkylation sites (tertiary alicyclic amines) is 1. The van der Waals surface area contributed by atoms with E-state index in [1.54, 1.807) is 42.6 Å². The normalized spacial score (nSPS) is 19.6. The van der Waals surface area contributed by atoms with Gasteiger partial charge in [0, 0.05) is 16.6 Å². The van der Waals surface area contributed by atoms with Gasteiger partial charge in [0.2, 0.25) is 0 Å². The minimum Gasteiger partial charge on any atom is -0.507 e. The highest BCUT2D eigenvalue weighted by molar-refractivity contribution is 7.09. The lowest BCUT2D eigenvalue weighted by atomic mass is 9.98. The molecule has 1 saturated heterocycles. The van der Waals surface area contributed by atoms with E-state index < -0.39 is 17.7 Å². The fraction of sp³-hybridized carbons (Fsp3) is 0.174. The van der Waals surface area contributed by atoms with Gasteiger partial charge in [-0.2, -0.15) is 0 Å². The molecule has 1 N–H and O–H groups in total. The molecule has 7 nitrogen and oxygen atoms in total. The minimum atomic E-state index is -0.795. The number of pyridine rings is 1. The third-order valence-electron chi connectivity index (χ3n) is 5.23. The molecule has 0 aliphatic carbocycles. The average molecular weight is 434 g/mol. The zero-order valence-electron chi connectivity index (χ0n) is 16.4. The van der Waals surface area contributed by atoms with Gasteiger partial charge >= 0.3 is 0 Å². The Hall–Kier alpha value is -3.65. The predicted octanol–water partition coefficient (Wildman–Crippen LogP) is 3.54. The van der Waals surface area contributed by atoms with Gasteiger partial charge in [0.1, 0.15) is 25.0 Å². The molecular weight excluding hydrogens is 416 g/mol. The van der Waals surface area contributed by atoms with Crippen LogP contribution in [0.1, 0.15) is 22.2 Å². The number of fused-ring (bicyclic) bond motifs is 1. The van der Waals surface area contributed by atoms with Gasteiger partial charge in [0.25, 0.3) is 11.7 Å². The van der Waals surface area contributed by atoms with Crippen LogP contribution in [0.3, 0.4) is 0 Å². The molecule has 0 radical (unpaired) electrons. The summed E-state index contributed by atoms with van der Waals surface area (Å²) >= 11 is 1.50. The fourth-order valence-electron chi connectivity index (χ4n) is 3.80. The molecule has 2 aromatic heterocycles. The van der Waals surface area contributed by atoms with Crippen LogP contribution in [-0.2, 0) is 16.1 Å². The van der Waals surface area contributed by atoms with Crippen molar-refractivity contribution >= 4 is 28.8 Å². The monoisotopic (exact) mass is 434 g/mol. The zero-order valence-corrected chi connectivity index (χ0v) is 17.2. The van der Waals surface area contributed by atoms with Gasteiger partial charge in [0.15, 0.2) is 11.5 Å². The lowest BCUT2D eigenvalue weighted by molar-refractivity contribution is -0.140. The first-order valence-corrected chi connectivity index (χ1v) is 10.6. The summed E-state index contributed by atoms with van der Waals surface area (Å²) in [5.74, 6) is -0.609. The first-order chi connectivity index (χ1) is 15.1. The van der Waals surface area contributed by atoms with Crippen LogP contribution in [0, 0.1) is 0 Å². The number of carbonyl (C=O) groups is 2. The summed E-state index contributed by atoms with van der Waals surface area (Å²) in [5.41, 5.74) is 0.897. The summed E-state index contributed by atoms with van der Waals surface area (Å²) in [6.45, 7) is 1.10. The third kappa shape index (κ3) is 3.44. The minimum absolute atomic E-state index is 0.0110. The highest BCUT2D eigenvalue weighted by atomic mass is 32.1. The van der Waals surface area contributed by atoms with Crippen LogP contribution in [-0.4, -0.2) is 39.9 Å². The standard InChI is InChI=1S/C23H18N2O5S/c26-21(14-6-7-17-18(12-14)30-10-9-29-17)19-20(16-5-1-2-8-24-16)25(23(28)22(19)27)13-15-4-3-11-31-15/h1-8,11-12,20,26H,9-10,13H2/b21-19-. The number of ketones is 1. The summed E-state index contributed by atoms with van der Waals surface area (Å²) in [6.07, 6.45) is 1.60. The van der Waals surface area contributed by atoms with Crippen molar-refractivity contribution in [1.82, 2.24) is 9.88 Å². The van der Waals surface area contributed by atoms with E-state index in [0.717, 1.165) is 4.88 Å². The van der Waals surface area contributed by atoms with Crippen molar-refractivity contribution in [2.45, 2.75) is 12.6 Å². The molecule has 8 heteroatoms. The number of Topliss-reactive ketones (excluding diaryl/α,β-unsaturated/α-hetero) is 1. The van der Waals surface area contributed by atoms with Crippen molar-refractivity contribution in [2.24, 2.45) is 0 Å². The molecule has 1 unspecified atom stereocenters. The van der Waals surface area contributed by atoms with E-state index >= 15 is 0 Å². The number of amides is 1. The number of aromatic nitrogens is 1. The Bertz CT molecular complexity index is 1170. The van der Waals surface area contributed by atoms with E-state index in [2.05, 4.69) is 4.98 Å². The van der Waals surface area contributed by atoms with Gasteiger partial charge in [-0.25, -0.2) is 0 Å². The third-order valence-corrected chi connectivity index (χ3v) is 6.09. The number of aliphatic hydroxyl groups is 1. The van der Waals surface area contributed by atoms with E-state index in [1.807, 2.05) is 17.5 Å². The molecule has 0 saturated carbocycles. The molecule has 156 valence electrons. The molecule has 0 bridgehead atoms. The van der Waals surface area contributed by atoms with E-state index in [0.29, 0.717) is 36.0 Å². The van der Waals surface area contributed by atoms with Crippen LogP contribution in [0.2, 0.25) is 0 Å². The number of hydrogen-bond acceptors (Lipinski definition) is 7. The van der Waals surface area contributed by atoms with Crippen molar-refractivity contribution < 1.29 is 24.2 Å². The lowest BCUT2D eigenvalue weighted by Gasteiger charge is -2.24. The molecule has 0 spiro atoms. The van der Waals surface area contributed by atoms with Gasteiger partial charge in [-0.05, 0) is 41.8 Å². The van der Waals surface area contributed by atoms with Gasteiger partial charge < -0.3 is 19.5 Å². The predicted molar refractivity (Wildman–Crippen MR) is 114 cm³/mol. The number of hydrogen-bond donors (Lipinski definition) is 1. The van der Waals surface area contributed by atoms with Crippen molar-refractivity contribution in [1.29, 1.82) is 0 Å². The lowest BCUT2D eigenvalue weighted by Crippen LogP contribution is -2.29. The fourth-order valence-corrected chi connectivity index (χ4v) is 4.51. The van der Waals surface area contributed by atoms with Gasteiger partial charge in [-0.1, -0.05) is 12.1 Å². The summed E-state index contributed by atoms with van der Waals surface area (Å²) in [5, 5.41) is 13.1. The largest absolute Gasteiger partial charge is 0.507 e. The van der Waals surface area contributed by atoms with Crippen molar-refractivity contribution in [3.8, 4) is 11.5 Å². The Morgan fingerprint density at radius 1 is 1.10 bits per heavy atom. The molecule has 1 atom stereocenters. The van der Waals surface area contributed by atoms with Gasteiger partial charge in [-0.15, -0.1) is 11.3 Å². The smallest absolute Gasteiger partial charge is 0.296 e. The Morgan fingerprint density at radius 2 is 1.94 bits per heavy atom. The SMILES string of the molecule is O=C1C(=O)N(Cc2cccs2)C(c2ccccn2)/C1=C(/O)c1ccc2c(c1)OCCO2. The maximum atomic E-state index is 13.0. The first-order valence-electron chi connectivity index (χ1n) is 9.75. The summed E-state index contributed by atoms with van der Waals surface area (Å²) < 4.78 is 11.1. The highest BCUT2D eigenvalue weighted by Gasteiger charge is 2.46. The van der Waals surface area contributed by atoms with Crippen LogP contribution in [0.5, 0.6) is 11.5 Å². The molecule has 1 fully saturated rings. The Labute approximate surface area is 182 Å². The molecule has 31 heavy (non-hydrogen) atoms. The van der Waals surface area contributed by atoms with Crippen LogP contribution in [0.15, 0.2) is 65.7 Å². The number of rotatable bonds is 4. The van der Waals surface area contributed by atoms with E-state index in [9.17, 15) is 14.7 Å². The molecule has 4 heterocycles. The summed E-state index contributed by atoms with van der Waals surface area (Å²) in [6, 6.07) is 13.2. The maximum absolute atomic E-state index is 13.0. The maximum Gasteiger partial charge on any atom is 0.296 e. The Kier molecular flexibility index (Phi) is 4.91. The Balaban J connectivity index is 1.63. The van der Waals surface area contributed by atoms with Gasteiger partial charge in [0.05, 0.1) is 17.8 Å². The second-order valence-corrected chi connectivity index (χ2v) is 8.15. The van der Waals surface area contributed by atoms with Gasteiger partial charge in [-0.3, -0.25) is 14.6 Å². The topological polar surface area (TPSA) is 89.0 Å². The molecular formula is C23H18N2O5S. The molecule has 2 aliphatic rings. The van der Waals surface area contributed by atoms with E-state index in [-0.39, 0.29) is 17.9 Å². The number of thiophene rings is 1. The van der Waals surface area contributed by atoms with Crippen LogP contribution < -0.4 is 9.47 Å². The molecule has 1 aromatic carbocycles. The van der Waals surface area contributed by atoms with Crippen LogP contribution >= 0.6 is 11.3 Å². The van der Waals surface area contributed by atoms with Crippen molar-refractivity contribution in [3.05, 3.63) is 81.8 Å². The summed E-state index contributed by atoms with van der Waals surface area (Å²) in [4.78, 5) is 32.8. The second kappa shape index (κ2) is 7.88. The molecule has 3 aromatic rings. The van der Waals surface area contributed by atoms with Crippen molar-refractivity contribution in [2.75, 3.05) is 13.2 Å². The number of aliphatic hydroxyl groups excluding tert-OH is 1. The van der Waals surface area contributed by atoms with Crippen LogP contribution in [0.25, 0.3) is 5.76 Å². The number of carbonyl (C=O) groups excluding carboxylic acids is 2. The zero-order chi connectivity index (χ0) is 21.4. The Morgan fingerprint density at radius 3 is 2.68 bits per heavy atom. The second-order valence-electron chi connectivity index (χ2n) is 7.12. The summed E-state index contributed by atoms with van der Waals surface area (Å²) in [7, 11) is 0. The quantitative estimate of drug-likeness (QED) is 0.384. The number of benzene rings is 1. The highest BCUT2D eigenvalue weighted by Crippen LogP contribution is 2.41. The van der Waals surface area contributed by atoms with Crippen LogP contribution in [0.4, 0.5) is 0 Å². The molecule has 2 aliphatic heterocycles. The van der Waals surface area contributed by atoms with E-state index in [4.69, 9.17) is 9.47 Å². The van der Waals surface area contributed by atoms with E-state index in [1.165, 1.54) is 16.2 Å². The number of ether oxygens (including phenoxy) is 2. The average Bonchev–Trinajstić information content (AvgIpc) is 3.41. The molecule has 5 rings (SSSR count). The number of nitrogens with zero attached hydrogens (tertiary/aromatic N) is 2. The molecule has 1 amide bonds.